The second-order valence-corrected chi connectivity index (χ2v) is 8.54. The number of nitrogens with one attached hydrogen (secondary N) is 1. The van der Waals surface area contributed by atoms with Crippen LogP contribution < -0.4 is 10.3 Å². The molecule has 0 amide bonds. The van der Waals surface area contributed by atoms with Gasteiger partial charge in [0.25, 0.3) is 11.5 Å². The predicted molar refractivity (Wildman–Crippen MR) is 108 cm³/mol. The smallest absolute Gasteiger partial charge is 0.270 e. The number of H-pyrrole nitrogens is 1. The molecule has 0 saturated heterocycles. The van der Waals surface area contributed by atoms with Gasteiger partial charge in [-0.15, -0.1) is 11.3 Å². The number of nitrogens with zero attached hydrogens (tertiary/aromatic N) is 1. The van der Waals surface area contributed by atoms with Crippen LogP contribution in [0.2, 0.25) is 0 Å². The topological polar surface area (TPSA) is 64.1 Å². The first-order valence-corrected chi connectivity index (χ1v) is 10.2. The quantitative estimate of drug-likeness (QED) is 0.585. The molecule has 1 aliphatic rings. The molecule has 0 fully saturated rings. The van der Waals surface area contributed by atoms with Crippen molar-refractivity contribution in [3.8, 4) is 5.75 Å². The fraction of sp³-hybridized carbons (Fsp3) is 0.278. The van der Waals surface area contributed by atoms with E-state index in [1.807, 2.05) is 0 Å². The van der Waals surface area contributed by atoms with E-state index in [-0.39, 0.29) is 15.9 Å². The van der Waals surface area contributed by atoms with Crippen LogP contribution >= 0.6 is 39.5 Å². The molecule has 2 aromatic heterocycles. The Morgan fingerprint density at radius 1 is 1.35 bits per heavy atom. The van der Waals surface area contributed by atoms with Crippen LogP contribution in [0.4, 0.5) is 0 Å². The fourth-order valence-corrected chi connectivity index (χ4v) is 5.36. The van der Waals surface area contributed by atoms with Gasteiger partial charge in [-0.25, -0.2) is 4.57 Å². The number of hydrogen-bond acceptors (Lipinski definition) is 5. The van der Waals surface area contributed by atoms with Crippen molar-refractivity contribution >= 4 is 55.6 Å². The minimum absolute atomic E-state index is 0.105. The van der Waals surface area contributed by atoms with E-state index in [1.54, 1.807) is 29.5 Å². The Kier molecular flexibility index (Phi) is 4.58. The fourth-order valence-electron chi connectivity index (χ4n) is 3.39. The van der Waals surface area contributed by atoms with Crippen molar-refractivity contribution in [2.75, 3.05) is 7.11 Å². The van der Waals surface area contributed by atoms with Crippen molar-refractivity contribution in [2.24, 2.45) is 0 Å². The molecule has 2 heterocycles. The van der Waals surface area contributed by atoms with E-state index in [2.05, 4.69) is 20.9 Å². The van der Waals surface area contributed by atoms with Gasteiger partial charge >= 0.3 is 0 Å². The van der Waals surface area contributed by atoms with Crippen LogP contribution in [0, 0.1) is 4.77 Å². The lowest BCUT2D eigenvalue weighted by molar-refractivity contribution is 0.0950. The first-order chi connectivity index (χ1) is 12.5. The number of fused-ring (bicyclic) bond motifs is 3. The molecule has 1 aromatic carbocycles. The molecule has 0 radical (unpaired) electrons. The Bertz CT molecular complexity index is 1160. The summed E-state index contributed by atoms with van der Waals surface area (Å²) in [5.74, 6) is -0.0981. The lowest BCUT2D eigenvalue weighted by atomic mass is 9.97. The van der Waals surface area contributed by atoms with Gasteiger partial charge in [0.15, 0.2) is 4.77 Å². The third-order valence-electron chi connectivity index (χ3n) is 4.61. The summed E-state index contributed by atoms with van der Waals surface area (Å²) in [5, 5.41) is 0.598. The number of aryl methyl sites for hydroxylation is 2. The molecule has 0 bridgehead atoms. The standard InChI is InChI=1S/C18H15BrN2O3S2/c1-24-12-7-6-9(19)8-11(12)16(22)21-17(23)14-10-4-2-3-5-13(10)26-15(14)20-18(21)25/h6-8H,2-5H2,1H3,(H,20,25). The minimum atomic E-state index is -0.493. The highest BCUT2D eigenvalue weighted by Crippen LogP contribution is 2.33. The third kappa shape index (κ3) is 2.76. The van der Waals surface area contributed by atoms with Crippen LogP contribution in [0.25, 0.3) is 10.2 Å². The molecule has 3 aromatic rings. The molecular formula is C18H15BrN2O3S2. The summed E-state index contributed by atoms with van der Waals surface area (Å²) >= 11 is 10.3. The summed E-state index contributed by atoms with van der Waals surface area (Å²) in [4.78, 5) is 31.4. The zero-order valence-corrected chi connectivity index (χ0v) is 17.1. The van der Waals surface area contributed by atoms with E-state index in [9.17, 15) is 9.59 Å². The van der Waals surface area contributed by atoms with Crippen LogP contribution in [0.5, 0.6) is 5.75 Å². The third-order valence-corrected chi connectivity index (χ3v) is 6.59. The van der Waals surface area contributed by atoms with Crippen molar-refractivity contribution in [3.63, 3.8) is 0 Å². The second-order valence-electron chi connectivity index (χ2n) is 6.14. The van der Waals surface area contributed by atoms with Gasteiger partial charge in [0.1, 0.15) is 10.6 Å². The summed E-state index contributed by atoms with van der Waals surface area (Å²) in [7, 11) is 1.49. The van der Waals surface area contributed by atoms with Crippen molar-refractivity contribution < 1.29 is 9.53 Å². The first-order valence-electron chi connectivity index (χ1n) is 8.19. The van der Waals surface area contributed by atoms with E-state index < -0.39 is 5.91 Å². The van der Waals surface area contributed by atoms with Crippen molar-refractivity contribution in [2.45, 2.75) is 25.7 Å². The highest BCUT2D eigenvalue weighted by Gasteiger charge is 2.24. The summed E-state index contributed by atoms with van der Waals surface area (Å²) in [6.07, 6.45) is 4.02. The molecule has 0 unspecified atom stereocenters. The Labute approximate surface area is 166 Å². The Morgan fingerprint density at radius 3 is 2.88 bits per heavy atom. The number of thiophene rings is 1. The van der Waals surface area contributed by atoms with Crippen LogP contribution in [-0.2, 0) is 12.8 Å². The zero-order valence-electron chi connectivity index (χ0n) is 13.9. The average molecular weight is 451 g/mol. The van der Waals surface area contributed by atoms with E-state index >= 15 is 0 Å². The van der Waals surface area contributed by atoms with Crippen molar-refractivity contribution in [1.82, 2.24) is 9.55 Å². The molecule has 0 aliphatic heterocycles. The van der Waals surface area contributed by atoms with E-state index in [0.29, 0.717) is 11.1 Å². The van der Waals surface area contributed by atoms with Gasteiger partial charge < -0.3 is 9.72 Å². The zero-order chi connectivity index (χ0) is 18.4. The highest BCUT2D eigenvalue weighted by atomic mass is 79.9. The number of ether oxygens (including phenoxy) is 1. The summed E-state index contributed by atoms with van der Waals surface area (Å²) in [5.41, 5.74) is 0.998. The van der Waals surface area contributed by atoms with Crippen LogP contribution in [0.15, 0.2) is 27.5 Å². The van der Waals surface area contributed by atoms with Crippen LogP contribution in [-0.4, -0.2) is 22.6 Å². The molecular weight excluding hydrogens is 436 g/mol. The molecule has 8 heteroatoms. The average Bonchev–Trinajstić information content (AvgIpc) is 2.99. The molecule has 0 saturated carbocycles. The number of benzene rings is 1. The summed E-state index contributed by atoms with van der Waals surface area (Å²) < 4.78 is 7.16. The summed E-state index contributed by atoms with van der Waals surface area (Å²) in [6, 6.07) is 5.09. The number of carbonyl (C=O) groups is 1. The number of methoxy groups -OCH3 is 1. The van der Waals surface area contributed by atoms with Crippen LogP contribution in [0.1, 0.15) is 33.6 Å². The van der Waals surface area contributed by atoms with Gasteiger partial charge in [-0.1, -0.05) is 15.9 Å². The normalized spacial score (nSPS) is 13.6. The molecule has 4 rings (SSSR count). The van der Waals surface area contributed by atoms with E-state index in [0.717, 1.165) is 45.1 Å². The van der Waals surface area contributed by atoms with E-state index in [4.69, 9.17) is 17.0 Å². The maximum absolute atomic E-state index is 13.2. The number of hydrogen-bond donors (Lipinski definition) is 1. The van der Waals surface area contributed by atoms with Gasteiger partial charge in [-0.05, 0) is 61.7 Å². The molecule has 134 valence electrons. The molecule has 1 N–H and O–H groups in total. The first kappa shape index (κ1) is 17.6. The number of halogens is 1. The van der Waals surface area contributed by atoms with Crippen molar-refractivity contribution in [1.29, 1.82) is 0 Å². The Morgan fingerprint density at radius 2 is 2.12 bits per heavy atom. The monoisotopic (exact) mass is 450 g/mol. The molecule has 5 nitrogen and oxygen atoms in total. The highest BCUT2D eigenvalue weighted by molar-refractivity contribution is 9.10. The Balaban J connectivity index is 1.98. The van der Waals surface area contributed by atoms with Gasteiger partial charge in [0.05, 0.1) is 18.1 Å². The molecule has 1 aliphatic carbocycles. The number of carbonyl (C=O) groups excluding carboxylic acids is 1. The lowest BCUT2D eigenvalue weighted by Gasteiger charge is -2.11. The number of rotatable bonds is 2. The van der Waals surface area contributed by atoms with Gasteiger partial charge in [-0.3, -0.25) is 9.59 Å². The number of aromatic nitrogens is 2. The second kappa shape index (κ2) is 6.75. The van der Waals surface area contributed by atoms with Crippen LogP contribution in [0.3, 0.4) is 0 Å². The van der Waals surface area contributed by atoms with Gasteiger partial charge in [0.2, 0.25) is 0 Å². The molecule has 26 heavy (non-hydrogen) atoms. The van der Waals surface area contributed by atoms with Crippen molar-refractivity contribution in [3.05, 3.63) is 53.8 Å². The molecule has 0 atom stereocenters. The molecule has 0 spiro atoms. The Hall–Kier alpha value is -1.77. The largest absolute Gasteiger partial charge is 0.496 e. The predicted octanol–water partition coefficient (Wildman–Crippen LogP) is 4.46. The SMILES string of the molecule is COc1ccc(Br)cc1C(=O)n1c(=S)[nH]c2sc3c(c2c1=O)CCCC3. The summed E-state index contributed by atoms with van der Waals surface area (Å²) in [6.45, 7) is 0. The lowest BCUT2D eigenvalue weighted by Crippen LogP contribution is -2.29. The maximum Gasteiger partial charge on any atom is 0.270 e. The maximum atomic E-state index is 13.2. The number of aromatic amines is 1. The van der Waals surface area contributed by atoms with Gasteiger partial charge in [-0.2, -0.15) is 0 Å². The minimum Gasteiger partial charge on any atom is -0.496 e. The van der Waals surface area contributed by atoms with Gasteiger partial charge in [0, 0.05) is 9.35 Å². The van der Waals surface area contributed by atoms with E-state index in [1.165, 1.54) is 12.0 Å².